The van der Waals surface area contributed by atoms with Gasteiger partial charge in [-0.25, -0.2) is 4.79 Å². The molecule has 0 spiro atoms. The minimum atomic E-state index is -1.00. The van der Waals surface area contributed by atoms with Crippen LogP contribution in [0.4, 0.5) is 4.79 Å². The van der Waals surface area contributed by atoms with Gasteiger partial charge in [0, 0.05) is 12.1 Å². The van der Waals surface area contributed by atoms with Gasteiger partial charge in [-0.3, -0.25) is 0 Å². The molecule has 0 aromatic heterocycles. The summed E-state index contributed by atoms with van der Waals surface area (Å²) in [6.07, 6.45) is -1.00. The first-order valence-corrected chi connectivity index (χ1v) is 7.49. The van der Waals surface area contributed by atoms with Crippen LogP contribution < -0.4 is 5.46 Å². The Bertz CT molecular complexity index is 575. The van der Waals surface area contributed by atoms with Gasteiger partial charge in [0.25, 0.3) is 0 Å². The van der Waals surface area contributed by atoms with Crippen molar-refractivity contribution in [3.63, 3.8) is 0 Å². The summed E-state index contributed by atoms with van der Waals surface area (Å²) < 4.78 is 12.0. The number of hydrogen-bond donors (Lipinski definition) is 1. The Morgan fingerprint density at radius 3 is 2.32 bits per heavy atom. The zero-order valence-corrected chi connectivity index (χ0v) is 14.3. The fourth-order valence-corrected chi connectivity index (χ4v) is 2.34. The maximum absolute atomic E-state index is 11.0. The lowest BCUT2D eigenvalue weighted by Gasteiger charge is -2.32. The molecule has 1 N–H and O–H groups in total. The van der Waals surface area contributed by atoms with Crippen LogP contribution in [0.3, 0.4) is 0 Å². The fraction of sp³-hybridized carbons (Fsp3) is 0.533. The van der Waals surface area contributed by atoms with Gasteiger partial charge >= 0.3 is 13.2 Å². The summed E-state index contributed by atoms with van der Waals surface area (Å²) in [5.41, 5.74) is 0.709. The van der Waals surface area contributed by atoms with Crippen LogP contribution >= 0.6 is 11.6 Å². The Kier molecular flexibility index (Phi) is 4.48. The second-order valence-electron chi connectivity index (χ2n) is 6.58. The Hall–Kier alpha value is -1.24. The van der Waals surface area contributed by atoms with E-state index in [0.29, 0.717) is 5.02 Å². The lowest BCUT2D eigenvalue weighted by molar-refractivity contribution is 0.00578. The van der Waals surface area contributed by atoms with Gasteiger partial charge in [0.1, 0.15) is 0 Å². The molecule has 5 nitrogen and oxygen atoms in total. The van der Waals surface area contributed by atoms with Crippen LogP contribution in [0.5, 0.6) is 0 Å². The van der Waals surface area contributed by atoms with Crippen LogP contribution in [0.25, 0.3) is 0 Å². The van der Waals surface area contributed by atoms with Crippen molar-refractivity contribution in [3.8, 4) is 0 Å². The first kappa shape index (κ1) is 17.1. The van der Waals surface area contributed by atoms with E-state index >= 15 is 0 Å². The van der Waals surface area contributed by atoms with Gasteiger partial charge < -0.3 is 19.3 Å². The van der Waals surface area contributed by atoms with E-state index in [0.717, 1.165) is 11.0 Å². The van der Waals surface area contributed by atoms with Gasteiger partial charge in [-0.05, 0) is 44.8 Å². The molecule has 7 heteroatoms. The van der Waals surface area contributed by atoms with Crippen LogP contribution in [0, 0.1) is 0 Å². The summed E-state index contributed by atoms with van der Waals surface area (Å²) in [5.74, 6) is 0. The molecule has 0 aliphatic carbocycles. The third-order valence-electron chi connectivity index (χ3n) is 4.33. The summed E-state index contributed by atoms with van der Waals surface area (Å²) in [5, 5.41) is 9.51. The third kappa shape index (κ3) is 3.24. The lowest BCUT2D eigenvalue weighted by Crippen LogP contribution is -2.41. The summed E-state index contributed by atoms with van der Waals surface area (Å²) in [6.45, 7) is 8.16. The quantitative estimate of drug-likeness (QED) is 0.868. The summed E-state index contributed by atoms with van der Waals surface area (Å²) in [6, 6.07) is 5.42. The summed E-state index contributed by atoms with van der Waals surface area (Å²) in [4.78, 5) is 12.1. The molecule has 120 valence electrons. The van der Waals surface area contributed by atoms with Crippen molar-refractivity contribution in [2.24, 2.45) is 0 Å². The van der Waals surface area contributed by atoms with E-state index in [1.807, 2.05) is 39.8 Å². The Morgan fingerprint density at radius 2 is 1.82 bits per heavy atom. The van der Waals surface area contributed by atoms with Gasteiger partial charge in [0.2, 0.25) is 0 Å². The third-order valence-corrected chi connectivity index (χ3v) is 4.70. The molecule has 2 rings (SSSR count). The molecule has 0 saturated carbocycles. The number of carboxylic acid groups (broad SMARTS) is 1. The molecule has 1 aliphatic rings. The molecule has 1 amide bonds. The molecule has 0 radical (unpaired) electrons. The zero-order chi connectivity index (χ0) is 16.7. The van der Waals surface area contributed by atoms with Crippen LogP contribution in [0.1, 0.15) is 33.3 Å². The lowest BCUT2D eigenvalue weighted by atomic mass is 9.78. The first-order valence-electron chi connectivity index (χ1n) is 7.11. The Balaban J connectivity index is 2.25. The van der Waals surface area contributed by atoms with Crippen LogP contribution in [0.15, 0.2) is 18.2 Å². The maximum atomic E-state index is 11.0. The Morgan fingerprint density at radius 1 is 1.27 bits per heavy atom. The van der Waals surface area contributed by atoms with E-state index in [1.165, 1.54) is 11.9 Å². The van der Waals surface area contributed by atoms with Crippen molar-refractivity contribution >= 4 is 30.3 Å². The molecule has 1 fully saturated rings. The average Bonchev–Trinajstić information content (AvgIpc) is 2.60. The first-order chi connectivity index (χ1) is 10.0. The van der Waals surface area contributed by atoms with Crippen molar-refractivity contribution in [3.05, 3.63) is 28.8 Å². The van der Waals surface area contributed by atoms with Crippen molar-refractivity contribution < 1.29 is 19.2 Å². The van der Waals surface area contributed by atoms with Crippen molar-refractivity contribution in [1.29, 1.82) is 0 Å². The molecule has 0 atom stereocenters. The zero-order valence-electron chi connectivity index (χ0n) is 13.5. The minimum absolute atomic E-state index is 0.210. The molecule has 0 bridgehead atoms. The molecule has 22 heavy (non-hydrogen) atoms. The van der Waals surface area contributed by atoms with Crippen molar-refractivity contribution in [2.45, 2.75) is 45.4 Å². The highest BCUT2D eigenvalue weighted by Gasteiger charge is 2.51. The van der Waals surface area contributed by atoms with Crippen molar-refractivity contribution in [2.75, 3.05) is 7.05 Å². The molecule has 1 aliphatic heterocycles. The average molecular weight is 326 g/mol. The topological polar surface area (TPSA) is 59.0 Å². The molecule has 0 unspecified atom stereocenters. The van der Waals surface area contributed by atoms with Crippen LogP contribution in [-0.4, -0.2) is 41.5 Å². The number of carbonyl (C=O) groups is 1. The standard InChI is InChI=1S/C15H21BClNO4/c1-14(2)15(3,4)22-16(21-14)11-6-7-12(17)10(8-11)9-18(5)13(19)20/h6-8H,9H2,1-5H3,(H,19,20). The second kappa shape index (κ2) is 5.76. The van der Waals surface area contributed by atoms with E-state index < -0.39 is 24.4 Å². The largest absolute Gasteiger partial charge is 0.494 e. The molecular weight excluding hydrogens is 304 g/mol. The monoisotopic (exact) mass is 325 g/mol. The fourth-order valence-electron chi connectivity index (χ4n) is 2.16. The normalized spacial score (nSPS) is 19.3. The van der Waals surface area contributed by atoms with Gasteiger partial charge in [-0.2, -0.15) is 0 Å². The highest BCUT2D eigenvalue weighted by Crippen LogP contribution is 2.36. The molecule has 1 aromatic carbocycles. The maximum Gasteiger partial charge on any atom is 0.494 e. The van der Waals surface area contributed by atoms with Gasteiger partial charge in [0.15, 0.2) is 0 Å². The SMILES string of the molecule is CN(Cc1cc(B2OC(C)(C)C(C)(C)O2)ccc1Cl)C(=O)O. The number of halogens is 1. The summed E-state index contributed by atoms with van der Waals surface area (Å²) >= 11 is 6.16. The Labute approximate surface area is 136 Å². The number of benzene rings is 1. The van der Waals surface area contributed by atoms with Gasteiger partial charge in [0.05, 0.1) is 17.7 Å². The summed E-state index contributed by atoms with van der Waals surface area (Å²) in [7, 11) is 1.01. The number of rotatable bonds is 3. The van der Waals surface area contributed by atoms with Crippen LogP contribution in [-0.2, 0) is 15.9 Å². The van der Waals surface area contributed by atoms with E-state index in [1.54, 1.807) is 6.07 Å². The van der Waals surface area contributed by atoms with Gasteiger partial charge in [-0.1, -0.05) is 23.7 Å². The number of hydrogen-bond acceptors (Lipinski definition) is 3. The van der Waals surface area contributed by atoms with E-state index in [2.05, 4.69) is 0 Å². The van der Waals surface area contributed by atoms with Gasteiger partial charge in [-0.15, -0.1) is 0 Å². The van der Waals surface area contributed by atoms with E-state index in [-0.39, 0.29) is 6.54 Å². The minimum Gasteiger partial charge on any atom is -0.465 e. The van der Waals surface area contributed by atoms with Crippen molar-refractivity contribution in [1.82, 2.24) is 4.90 Å². The number of amides is 1. The van der Waals surface area contributed by atoms with Crippen LogP contribution in [0.2, 0.25) is 5.02 Å². The molecule has 1 aromatic rings. The van der Waals surface area contributed by atoms with E-state index in [4.69, 9.17) is 26.0 Å². The second-order valence-corrected chi connectivity index (χ2v) is 6.98. The predicted molar refractivity (Wildman–Crippen MR) is 86.7 cm³/mol. The highest BCUT2D eigenvalue weighted by atomic mass is 35.5. The molecular formula is C15H21BClNO4. The van der Waals surface area contributed by atoms with E-state index in [9.17, 15) is 4.79 Å². The smallest absolute Gasteiger partial charge is 0.465 e. The molecule has 1 heterocycles. The highest BCUT2D eigenvalue weighted by molar-refractivity contribution is 6.62. The number of nitrogens with zero attached hydrogens (tertiary/aromatic N) is 1. The molecule has 1 saturated heterocycles. The predicted octanol–water partition coefficient (Wildman–Crippen LogP) is 2.75.